The van der Waals surface area contributed by atoms with Gasteiger partial charge in [0.1, 0.15) is 0 Å². The second-order valence-corrected chi connectivity index (χ2v) is 3.25. The van der Waals surface area contributed by atoms with Crippen LogP contribution in [0.2, 0.25) is 0 Å². The van der Waals surface area contributed by atoms with Gasteiger partial charge >= 0.3 is 0 Å². The lowest BCUT2D eigenvalue weighted by atomic mass is 10.2. The van der Waals surface area contributed by atoms with Crippen molar-refractivity contribution in [2.75, 3.05) is 7.05 Å². The summed E-state index contributed by atoms with van der Waals surface area (Å²) in [6, 6.07) is 5.26. The van der Waals surface area contributed by atoms with E-state index in [0.717, 1.165) is 0 Å². The van der Waals surface area contributed by atoms with Gasteiger partial charge in [0.25, 0.3) is 11.6 Å². The van der Waals surface area contributed by atoms with Gasteiger partial charge in [-0.05, 0) is 24.4 Å². The van der Waals surface area contributed by atoms with Gasteiger partial charge < -0.3 is 5.32 Å². The Morgan fingerprint density at radius 1 is 1.38 bits per heavy atom. The molecule has 0 atom stereocenters. The van der Waals surface area contributed by atoms with Crippen molar-refractivity contribution in [2.24, 2.45) is 0 Å². The largest absolute Gasteiger partial charge is 0.365 e. The van der Waals surface area contributed by atoms with E-state index < -0.39 is 10.8 Å². The molecule has 0 unspecified atom stereocenters. The van der Waals surface area contributed by atoms with Crippen LogP contribution in [0, 0.1) is 10.1 Å². The van der Waals surface area contributed by atoms with Gasteiger partial charge in [0.15, 0.2) is 5.11 Å². The number of carbonyl (C=O) groups is 1. The molecular formula is C9H9N3O3S. The first kappa shape index (κ1) is 12.1. The first-order valence-electron chi connectivity index (χ1n) is 4.32. The molecule has 1 amide bonds. The molecule has 16 heavy (non-hydrogen) atoms. The lowest BCUT2D eigenvalue weighted by molar-refractivity contribution is -0.384. The number of rotatable bonds is 2. The molecule has 1 aromatic carbocycles. The molecule has 7 heteroatoms. The normalized spacial score (nSPS) is 9.31. The Morgan fingerprint density at radius 2 is 1.94 bits per heavy atom. The van der Waals surface area contributed by atoms with Crippen LogP contribution in [0.25, 0.3) is 0 Å². The average molecular weight is 239 g/mol. The quantitative estimate of drug-likeness (QED) is 0.453. The van der Waals surface area contributed by atoms with Crippen molar-refractivity contribution in [2.45, 2.75) is 0 Å². The van der Waals surface area contributed by atoms with Crippen molar-refractivity contribution in [3.8, 4) is 0 Å². The lowest BCUT2D eigenvalue weighted by Crippen LogP contribution is -2.37. The van der Waals surface area contributed by atoms with Crippen LogP contribution in [0.1, 0.15) is 10.4 Å². The van der Waals surface area contributed by atoms with Gasteiger partial charge in [-0.1, -0.05) is 0 Å². The molecule has 0 aliphatic heterocycles. The maximum Gasteiger partial charge on any atom is 0.269 e. The van der Waals surface area contributed by atoms with E-state index in [9.17, 15) is 14.9 Å². The molecule has 6 nitrogen and oxygen atoms in total. The molecule has 1 aromatic rings. The van der Waals surface area contributed by atoms with E-state index in [-0.39, 0.29) is 10.8 Å². The molecule has 0 saturated heterocycles. The van der Waals surface area contributed by atoms with Gasteiger partial charge in [-0.25, -0.2) is 0 Å². The minimum absolute atomic E-state index is 0.0623. The van der Waals surface area contributed by atoms with Gasteiger partial charge in [0.05, 0.1) is 4.92 Å². The van der Waals surface area contributed by atoms with Crippen LogP contribution in [0.15, 0.2) is 24.3 Å². The summed E-state index contributed by atoms with van der Waals surface area (Å²) in [5, 5.41) is 15.6. The monoisotopic (exact) mass is 239 g/mol. The molecule has 0 spiro atoms. The topological polar surface area (TPSA) is 84.3 Å². The molecule has 0 radical (unpaired) electrons. The Bertz CT molecular complexity index is 430. The van der Waals surface area contributed by atoms with Crippen LogP contribution in [-0.2, 0) is 0 Å². The fraction of sp³-hybridized carbons (Fsp3) is 0.111. The van der Waals surface area contributed by atoms with Gasteiger partial charge in [-0.3, -0.25) is 20.2 Å². The van der Waals surface area contributed by atoms with E-state index in [1.807, 2.05) is 0 Å². The van der Waals surface area contributed by atoms with E-state index in [0.29, 0.717) is 5.56 Å². The SMILES string of the molecule is CNC(=S)NC(=O)c1ccc([N+](=O)[O-])cc1. The van der Waals surface area contributed by atoms with E-state index in [4.69, 9.17) is 12.2 Å². The van der Waals surface area contributed by atoms with Crippen LogP contribution in [0.5, 0.6) is 0 Å². The molecule has 0 bridgehead atoms. The number of amides is 1. The third-order valence-electron chi connectivity index (χ3n) is 1.79. The minimum Gasteiger partial charge on any atom is -0.365 e. The van der Waals surface area contributed by atoms with Gasteiger partial charge in [0, 0.05) is 24.7 Å². The summed E-state index contributed by atoms with van der Waals surface area (Å²) in [4.78, 5) is 21.3. The molecule has 0 aliphatic rings. The van der Waals surface area contributed by atoms with Crippen molar-refractivity contribution < 1.29 is 9.72 Å². The fourth-order valence-electron chi connectivity index (χ4n) is 0.972. The number of nitrogens with one attached hydrogen (secondary N) is 2. The highest BCUT2D eigenvalue weighted by molar-refractivity contribution is 7.80. The van der Waals surface area contributed by atoms with Crippen molar-refractivity contribution in [1.29, 1.82) is 0 Å². The summed E-state index contributed by atoms with van der Waals surface area (Å²) in [5.74, 6) is -0.408. The van der Waals surface area contributed by atoms with Crippen molar-refractivity contribution in [3.63, 3.8) is 0 Å². The van der Waals surface area contributed by atoms with Crippen LogP contribution in [-0.4, -0.2) is 23.0 Å². The Hall–Kier alpha value is -2.02. The second kappa shape index (κ2) is 5.17. The molecule has 1 rings (SSSR count). The zero-order valence-corrected chi connectivity index (χ0v) is 9.21. The first-order chi connectivity index (χ1) is 7.54. The van der Waals surface area contributed by atoms with Crippen molar-refractivity contribution in [3.05, 3.63) is 39.9 Å². The summed E-state index contributed by atoms with van der Waals surface area (Å²) in [6.07, 6.45) is 0. The molecular weight excluding hydrogens is 230 g/mol. The van der Waals surface area contributed by atoms with Crippen LogP contribution in [0.3, 0.4) is 0 Å². The number of benzene rings is 1. The van der Waals surface area contributed by atoms with Crippen molar-refractivity contribution in [1.82, 2.24) is 10.6 Å². The molecule has 0 aromatic heterocycles. The predicted molar refractivity (Wildman–Crippen MR) is 62.2 cm³/mol. The number of nitrogens with zero attached hydrogens (tertiary/aromatic N) is 1. The highest BCUT2D eigenvalue weighted by Gasteiger charge is 2.09. The third kappa shape index (κ3) is 2.99. The Balaban J connectivity index is 2.78. The first-order valence-corrected chi connectivity index (χ1v) is 4.73. The molecule has 2 N–H and O–H groups in total. The molecule has 0 heterocycles. The Kier molecular flexibility index (Phi) is 3.90. The number of thiocarbonyl (C=S) groups is 1. The van der Waals surface area contributed by atoms with E-state index in [1.165, 1.54) is 24.3 Å². The summed E-state index contributed by atoms with van der Waals surface area (Å²) in [5.41, 5.74) is 0.246. The fourth-order valence-corrected chi connectivity index (χ4v) is 1.07. The van der Waals surface area contributed by atoms with Crippen molar-refractivity contribution >= 4 is 28.9 Å². The average Bonchev–Trinajstić information content (AvgIpc) is 2.28. The molecule has 84 valence electrons. The van der Waals surface area contributed by atoms with E-state index in [2.05, 4.69) is 10.6 Å². The van der Waals surface area contributed by atoms with Crippen LogP contribution in [0.4, 0.5) is 5.69 Å². The number of nitro benzene ring substituents is 1. The van der Waals surface area contributed by atoms with Crippen LogP contribution < -0.4 is 10.6 Å². The Labute approximate surface area is 96.8 Å². The smallest absolute Gasteiger partial charge is 0.269 e. The molecule has 0 saturated carbocycles. The third-order valence-corrected chi connectivity index (χ3v) is 2.10. The van der Waals surface area contributed by atoms with Gasteiger partial charge in [-0.2, -0.15) is 0 Å². The van der Waals surface area contributed by atoms with Gasteiger partial charge in [0.2, 0.25) is 0 Å². The molecule has 0 fully saturated rings. The summed E-state index contributed by atoms with van der Waals surface area (Å²) in [7, 11) is 1.58. The maximum atomic E-state index is 11.5. The lowest BCUT2D eigenvalue weighted by Gasteiger charge is -2.04. The predicted octanol–water partition coefficient (Wildman–Crippen LogP) is 0.829. The maximum absolute atomic E-state index is 11.5. The zero-order chi connectivity index (χ0) is 12.1. The number of carbonyl (C=O) groups excluding carboxylic acids is 1. The van der Waals surface area contributed by atoms with E-state index >= 15 is 0 Å². The summed E-state index contributed by atoms with van der Waals surface area (Å²) < 4.78 is 0. The zero-order valence-electron chi connectivity index (χ0n) is 8.39. The minimum atomic E-state index is -0.528. The number of non-ortho nitro benzene ring substituents is 1. The number of hydrogen-bond donors (Lipinski definition) is 2. The van der Waals surface area contributed by atoms with Gasteiger partial charge in [-0.15, -0.1) is 0 Å². The second-order valence-electron chi connectivity index (χ2n) is 2.84. The number of hydrogen-bond acceptors (Lipinski definition) is 4. The highest BCUT2D eigenvalue weighted by Crippen LogP contribution is 2.11. The standard InChI is InChI=1S/C9H9N3O3S/c1-10-9(16)11-8(13)6-2-4-7(5-3-6)12(14)15/h2-5H,1H3,(H2,10,11,13,16). The number of nitro groups is 1. The van der Waals surface area contributed by atoms with E-state index in [1.54, 1.807) is 7.05 Å². The molecule has 0 aliphatic carbocycles. The summed E-state index contributed by atoms with van der Waals surface area (Å²) in [6.45, 7) is 0. The van der Waals surface area contributed by atoms with Crippen LogP contribution >= 0.6 is 12.2 Å². The Morgan fingerprint density at radius 3 is 2.38 bits per heavy atom. The highest BCUT2D eigenvalue weighted by atomic mass is 32.1. The summed E-state index contributed by atoms with van der Waals surface area (Å²) >= 11 is 4.75.